The van der Waals surface area contributed by atoms with E-state index in [-0.39, 0.29) is 0 Å². The van der Waals surface area contributed by atoms with Gasteiger partial charge in [-0.3, -0.25) is 5.10 Å². The van der Waals surface area contributed by atoms with Crippen LogP contribution in [-0.4, -0.2) is 28.6 Å². The number of H-pyrrole nitrogens is 1. The van der Waals surface area contributed by atoms with Crippen LogP contribution in [0.1, 0.15) is 25.3 Å². The lowest BCUT2D eigenvalue weighted by molar-refractivity contribution is 0.134. The Labute approximate surface area is 95.0 Å². The topological polar surface area (TPSA) is 50.8 Å². The van der Waals surface area contributed by atoms with Gasteiger partial charge in [-0.2, -0.15) is 0 Å². The van der Waals surface area contributed by atoms with Gasteiger partial charge >= 0.3 is 0 Å². The number of aromatic amines is 1. The van der Waals surface area contributed by atoms with Gasteiger partial charge < -0.3 is 4.74 Å². The lowest BCUT2D eigenvalue weighted by Gasteiger charge is -2.03. The molecule has 0 saturated heterocycles. The first-order valence-electron chi connectivity index (χ1n) is 5.78. The Morgan fingerprint density at radius 2 is 2.25 bits per heavy atom. The van der Waals surface area contributed by atoms with Crippen molar-refractivity contribution in [3.05, 3.63) is 23.8 Å². The molecular weight excluding hydrogens is 202 g/mol. The monoisotopic (exact) mass is 219 g/mol. The standard InChI is InChI=1S/C12H17N3O/c1-2-3-8-16-9-7-10-5-4-6-11-12(10)14-15-13-11/h4-6H,2-3,7-9H2,1H3,(H,13,14,15). The van der Waals surface area contributed by atoms with Gasteiger partial charge in [-0.15, -0.1) is 5.10 Å². The summed E-state index contributed by atoms with van der Waals surface area (Å²) in [6, 6.07) is 6.08. The average molecular weight is 219 g/mol. The zero-order chi connectivity index (χ0) is 11.2. The first-order valence-corrected chi connectivity index (χ1v) is 5.78. The lowest BCUT2D eigenvalue weighted by Crippen LogP contribution is -2.00. The molecule has 4 nitrogen and oxygen atoms in total. The van der Waals surface area contributed by atoms with E-state index in [1.807, 2.05) is 12.1 Å². The molecule has 0 saturated carbocycles. The molecule has 86 valence electrons. The van der Waals surface area contributed by atoms with Crippen molar-refractivity contribution in [2.24, 2.45) is 0 Å². The quantitative estimate of drug-likeness (QED) is 0.758. The molecule has 0 bridgehead atoms. The number of nitrogens with zero attached hydrogens (tertiary/aromatic N) is 2. The summed E-state index contributed by atoms with van der Waals surface area (Å²) in [6.45, 7) is 3.77. The van der Waals surface area contributed by atoms with Crippen LogP contribution in [-0.2, 0) is 11.2 Å². The van der Waals surface area contributed by atoms with Crippen molar-refractivity contribution in [3.63, 3.8) is 0 Å². The van der Waals surface area contributed by atoms with Crippen molar-refractivity contribution in [2.45, 2.75) is 26.2 Å². The summed E-state index contributed by atoms with van der Waals surface area (Å²) < 4.78 is 5.55. The molecule has 0 aliphatic rings. The summed E-state index contributed by atoms with van der Waals surface area (Å²) in [6.07, 6.45) is 3.21. The third-order valence-corrected chi connectivity index (χ3v) is 2.60. The van der Waals surface area contributed by atoms with E-state index in [2.05, 4.69) is 28.4 Å². The van der Waals surface area contributed by atoms with Gasteiger partial charge in [0.15, 0.2) is 0 Å². The van der Waals surface area contributed by atoms with Crippen LogP contribution in [0.2, 0.25) is 0 Å². The van der Waals surface area contributed by atoms with Crippen molar-refractivity contribution in [2.75, 3.05) is 13.2 Å². The minimum atomic E-state index is 0.756. The molecule has 0 fully saturated rings. The van der Waals surface area contributed by atoms with E-state index >= 15 is 0 Å². The number of hydrogen-bond donors (Lipinski definition) is 1. The van der Waals surface area contributed by atoms with Crippen LogP contribution in [0, 0.1) is 0 Å². The van der Waals surface area contributed by atoms with Gasteiger partial charge in [-0.05, 0) is 24.5 Å². The van der Waals surface area contributed by atoms with Crippen molar-refractivity contribution < 1.29 is 4.74 Å². The third kappa shape index (κ3) is 2.58. The summed E-state index contributed by atoms with van der Waals surface area (Å²) in [7, 11) is 0. The van der Waals surface area contributed by atoms with Crippen LogP contribution in [0.15, 0.2) is 18.2 Å². The second-order valence-corrected chi connectivity index (χ2v) is 3.84. The number of rotatable bonds is 6. The summed E-state index contributed by atoms with van der Waals surface area (Å²) in [5.74, 6) is 0. The number of unbranched alkanes of at least 4 members (excludes halogenated alkanes) is 1. The van der Waals surface area contributed by atoms with Crippen molar-refractivity contribution in [1.29, 1.82) is 0 Å². The van der Waals surface area contributed by atoms with Gasteiger partial charge in [0, 0.05) is 6.61 Å². The van der Waals surface area contributed by atoms with Gasteiger partial charge in [0.2, 0.25) is 0 Å². The van der Waals surface area contributed by atoms with Crippen molar-refractivity contribution in [1.82, 2.24) is 15.4 Å². The van der Waals surface area contributed by atoms with Crippen LogP contribution in [0.3, 0.4) is 0 Å². The number of fused-ring (bicyclic) bond motifs is 1. The number of ether oxygens (including phenoxy) is 1. The molecule has 1 heterocycles. The average Bonchev–Trinajstić information content (AvgIpc) is 2.77. The maximum Gasteiger partial charge on any atom is 0.116 e. The fraction of sp³-hybridized carbons (Fsp3) is 0.500. The molecule has 1 aromatic carbocycles. The van der Waals surface area contributed by atoms with Crippen LogP contribution in [0.25, 0.3) is 11.0 Å². The van der Waals surface area contributed by atoms with Crippen LogP contribution in [0.5, 0.6) is 0 Å². The van der Waals surface area contributed by atoms with E-state index < -0.39 is 0 Å². The van der Waals surface area contributed by atoms with E-state index in [0.717, 1.165) is 37.1 Å². The zero-order valence-corrected chi connectivity index (χ0v) is 9.57. The van der Waals surface area contributed by atoms with Crippen molar-refractivity contribution >= 4 is 11.0 Å². The number of benzene rings is 1. The highest BCUT2D eigenvalue weighted by Crippen LogP contribution is 2.13. The molecule has 1 aromatic heterocycles. The van der Waals surface area contributed by atoms with Crippen LogP contribution >= 0.6 is 0 Å². The van der Waals surface area contributed by atoms with E-state index in [4.69, 9.17) is 4.74 Å². The second-order valence-electron chi connectivity index (χ2n) is 3.84. The first-order chi connectivity index (χ1) is 7.92. The zero-order valence-electron chi connectivity index (χ0n) is 9.57. The highest BCUT2D eigenvalue weighted by molar-refractivity contribution is 5.77. The summed E-state index contributed by atoms with van der Waals surface area (Å²) in [5.41, 5.74) is 3.15. The normalized spacial score (nSPS) is 11.1. The number of hydrogen-bond acceptors (Lipinski definition) is 3. The Morgan fingerprint density at radius 3 is 3.12 bits per heavy atom. The second kappa shape index (κ2) is 5.61. The predicted molar refractivity (Wildman–Crippen MR) is 63.3 cm³/mol. The Kier molecular flexibility index (Phi) is 3.88. The molecule has 0 spiro atoms. The van der Waals surface area contributed by atoms with Crippen LogP contribution in [0.4, 0.5) is 0 Å². The molecule has 1 N–H and O–H groups in total. The van der Waals surface area contributed by atoms with Gasteiger partial charge in [0.1, 0.15) is 5.52 Å². The molecule has 0 aliphatic heterocycles. The maximum absolute atomic E-state index is 5.55. The molecule has 0 radical (unpaired) electrons. The third-order valence-electron chi connectivity index (χ3n) is 2.60. The number of aromatic nitrogens is 3. The lowest BCUT2D eigenvalue weighted by atomic mass is 10.1. The van der Waals surface area contributed by atoms with E-state index in [0.29, 0.717) is 0 Å². The van der Waals surface area contributed by atoms with E-state index in [9.17, 15) is 0 Å². The fourth-order valence-electron chi connectivity index (χ4n) is 1.66. The molecule has 2 rings (SSSR count). The predicted octanol–water partition coefficient (Wildman–Crippen LogP) is 2.32. The Hall–Kier alpha value is -1.42. The smallest absolute Gasteiger partial charge is 0.116 e. The van der Waals surface area contributed by atoms with Crippen LogP contribution < -0.4 is 0 Å². The van der Waals surface area contributed by atoms with Gasteiger partial charge in [0.05, 0.1) is 12.1 Å². The fourth-order valence-corrected chi connectivity index (χ4v) is 1.66. The van der Waals surface area contributed by atoms with Crippen molar-refractivity contribution in [3.8, 4) is 0 Å². The minimum absolute atomic E-state index is 0.756. The number of nitrogens with one attached hydrogen (secondary N) is 1. The summed E-state index contributed by atoms with van der Waals surface area (Å²) in [5, 5.41) is 10.7. The molecular formula is C12H17N3O. The Bertz CT molecular complexity index is 439. The summed E-state index contributed by atoms with van der Waals surface area (Å²) in [4.78, 5) is 0. The summed E-state index contributed by atoms with van der Waals surface area (Å²) >= 11 is 0. The largest absolute Gasteiger partial charge is 0.381 e. The highest BCUT2D eigenvalue weighted by Gasteiger charge is 2.03. The van der Waals surface area contributed by atoms with Gasteiger partial charge in [-0.25, -0.2) is 0 Å². The molecule has 2 aromatic rings. The molecule has 0 amide bonds. The van der Waals surface area contributed by atoms with Gasteiger partial charge in [-0.1, -0.05) is 30.7 Å². The first kappa shape index (κ1) is 11.1. The van der Waals surface area contributed by atoms with E-state index in [1.54, 1.807) is 0 Å². The van der Waals surface area contributed by atoms with Gasteiger partial charge in [0.25, 0.3) is 0 Å². The minimum Gasteiger partial charge on any atom is -0.381 e. The molecule has 16 heavy (non-hydrogen) atoms. The SMILES string of the molecule is CCCCOCCc1cccc2[nH]nnc12. The molecule has 0 atom stereocenters. The Morgan fingerprint density at radius 1 is 1.31 bits per heavy atom. The molecule has 0 unspecified atom stereocenters. The molecule has 0 aliphatic carbocycles. The van der Waals surface area contributed by atoms with E-state index in [1.165, 1.54) is 12.0 Å². The highest BCUT2D eigenvalue weighted by atomic mass is 16.5. The Balaban J connectivity index is 1.91. The molecule has 4 heteroatoms. The maximum atomic E-state index is 5.55.